The summed E-state index contributed by atoms with van der Waals surface area (Å²) in [6.07, 6.45) is 1.56. The van der Waals surface area contributed by atoms with Gasteiger partial charge in [-0.25, -0.2) is 4.98 Å². The molecular formula is C22H22N4O4S. The summed E-state index contributed by atoms with van der Waals surface area (Å²) < 4.78 is 12.3. The first kappa shape index (κ1) is 20.8. The number of nitrogens with zero attached hydrogens (tertiary/aromatic N) is 2. The van der Waals surface area contributed by atoms with Crippen LogP contribution in [0.2, 0.25) is 0 Å². The van der Waals surface area contributed by atoms with Crippen molar-refractivity contribution in [1.29, 1.82) is 0 Å². The SMILES string of the molecule is CCOc1ccc(NC(=O)CSc2nc3cc(C)[nH]c3c(=O)n2Cc2ccco2)cc1. The van der Waals surface area contributed by atoms with Crippen molar-refractivity contribution < 1.29 is 13.9 Å². The predicted octanol–water partition coefficient (Wildman–Crippen LogP) is 3.80. The van der Waals surface area contributed by atoms with Crippen molar-refractivity contribution in [2.75, 3.05) is 17.7 Å². The fourth-order valence-corrected chi connectivity index (χ4v) is 3.95. The molecule has 1 amide bonds. The van der Waals surface area contributed by atoms with Crippen molar-refractivity contribution in [2.45, 2.75) is 25.5 Å². The molecule has 0 unspecified atom stereocenters. The van der Waals surface area contributed by atoms with Crippen LogP contribution in [0, 0.1) is 6.92 Å². The van der Waals surface area contributed by atoms with E-state index >= 15 is 0 Å². The number of anilines is 1. The minimum absolute atomic E-state index is 0.104. The van der Waals surface area contributed by atoms with E-state index in [-0.39, 0.29) is 23.8 Å². The summed E-state index contributed by atoms with van der Waals surface area (Å²) in [5.74, 6) is 1.29. The number of carbonyl (C=O) groups is 1. The van der Waals surface area contributed by atoms with Crippen molar-refractivity contribution in [3.8, 4) is 5.75 Å². The number of aromatic amines is 1. The van der Waals surface area contributed by atoms with Gasteiger partial charge in [-0.1, -0.05) is 11.8 Å². The van der Waals surface area contributed by atoms with Gasteiger partial charge >= 0.3 is 0 Å². The highest BCUT2D eigenvalue weighted by Gasteiger charge is 2.16. The van der Waals surface area contributed by atoms with Crippen LogP contribution < -0.4 is 15.6 Å². The van der Waals surface area contributed by atoms with Gasteiger partial charge in [0, 0.05) is 11.4 Å². The van der Waals surface area contributed by atoms with Gasteiger partial charge in [0.15, 0.2) is 5.16 Å². The van der Waals surface area contributed by atoms with Crippen LogP contribution in [0.5, 0.6) is 5.75 Å². The van der Waals surface area contributed by atoms with Crippen molar-refractivity contribution in [2.24, 2.45) is 0 Å². The Hall–Kier alpha value is -3.46. The third-order valence-electron chi connectivity index (χ3n) is 4.51. The summed E-state index contributed by atoms with van der Waals surface area (Å²) in [6, 6.07) is 12.6. The molecule has 0 fully saturated rings. The zero-order valence-corrected chi connectivity index (χ0v) is 18.0. The molecule has 3 aromatic heterocycles. The van der Waals surface area contributed by atoms with E-state index in [1.807, 2.05) is 19.9 Å². The Morgan fingerprint density at radius 3 is 2.81 bits per heavy atom. The number of carbonyl (C=O) groups excluding carboxylic acids is 1. The zero-order valence-electron chi connectivity index (χ0n) is 17.2. The van der Waals surface area contributed by atoms with Crippen LogP contribution in [-0.4, -0.2) is 32.8 Å². The average molecular weight is 439 g/mol. The predicted molar refractivity (Wildman–Crippen MR) is 120 cm³/mol. The maximum Gasteiger partial charge on any atom is 0.278 e. The van der Waals surface area contributed by atoms with E-state index in [1.54, 1.807) is 42.7 Å². The second-order valence-electron chi connectivity index (χ2n) is 6.87. The van der Waals surface area contributed by atoms with Crippen molar-refractivity contribution in [1.82, 2.24) is 14.5 Å². The Balaban J connectivity index is 1.52. The van der Waals surface area contributed by atoms with E-state index in [0.29, 0.717) is 34.2 Å². The second-order valence-corrected chi connectivity index (χ2v) is 7.81. The molecule has 0 bridgehead atoms. The minimum atomic E-state index is -0.205. The summed E-state index contributed by atoms with van der Waals surface area (Å²) in [7, 11) is 0. The van der Waals surface area contributed by atoms with Gasteiger partial charge in [-0.3, -0.25) is 14.2 Å². The summed E-state index contributed by atoms with van der Waals surface area (Å²) in [6.45, 7) is 4.60. The maximum atomic E-state index is 13.0. The Morgan fingerprint density at radius 1 is 1.29 bits per heavy atom. The monoisotopic (exact) mass is 438 g/mol. The number of thioether (sulfide) groups is 1. The smallest absolute Gasteiger partial charge is 0.278 e. The average Bonchev–Trinajstić information content (AvgIpc) is 3.39. The topological polar surface area (TPSA) is 102 Å². The molecule has 0 saturated heterocycles. The van der Waals surface area contributed by atoms with Crippen molar-refractivity contribution in [3.63, 3.8) is 0 Å². The number of hydrogen-bond donors (Lipinski definition) is 2. The van der Waals surface area contributed by atoms with Crippen LogP contribution in [-0.2, 0) is 11.3 Å². The van der Waals surface area contributed by atoms with Gasteiger partial charge in [-0.15, -0.1) is 0 Å². The summed E-state index contributed by atoms with van der Waals surface area (Å²) >= 11 is 1.21. The number of benzene rings is 1. The lowest BCUT2D eigenvalue weighted by Gasteiger charge is -2.11. The first-order chi connectivity index (χ1) is 15.0. The standard InChI is InChI=1S/C22H22N4O4S/c1-3-29-16-8-6-15(7-9-16)24-19(27)13-31-22-25-18-11-14(2)23-20(18)21(28)26(22)12-17-5-4-10-30-17/h4-11,23H,3,12-13H2,1-2H3,(H,24,27). The Morgan fingerprint density at radius 2 is 2.10 bits per heavy atom. The molecular weight excluding hydrogens is 416 g/mol. The van der Waals surface area contributed by atoms with E-state index in [9.17, 15) is 9.59 Å². The number of ether oxygens (including phenoxy) is 1. The van der Waals surface area contributed by atoms with Crippen LogP contribution in [0.1, 0.15) is 18.4 Å². The molecule has 9 heteroatoms. The number of aryl methyl sites for hydroxylation is 1. The molecule has 0 atom stereocenters. The molecule has 31 heavy (non-hydrogen) atoms. The first-order valence-corrected chi connectivity index (χ1v) is 10.8. The largest absolute Gasteiger partial charge is 0.494 e. The molecule has 0 spiro atoms. The molecule has 2 N–H and O–H groups in total. The fraction of sp³-hybridized carbons (Fsp3) is 0.227. The normalized spacial score (nSPS) is 11.0. The van der Waals surface area contributed by atoms with Gasteiger partial charge in [0.25, 0.3) is 5.56 Å². The molecule has 0 aliphatic rings. The number of hydrogen-bond acceptors (Lipinski definition) is 6. The third kappa shape index (κ3) is 4.83. The van der Waals surface area contributed by atoms with Crippen molar-refractivity contribution >= 4 is 34.4 Å². The molecule has 4 aromatic rings. The van der Waals surface area contributed by atoms with Gasteiger partial charge in [-0.05, 0) is 56.3 Å². The lowest BCUT2D eigenvalue weighted by molar-refractivity contribution is -0.113. The molecule has 4 rings (SSSR count). The summed E-state index contributed by atoms with van der Waals surface area (Å²) in [5.41, 5.74) is 2.33. The molecule has 160 valence electrons. The third-order valence-corrected chi connectivity index (χ3v) is 5.49. The van der Waals surface area contributed by atoms with E-state index in [4.69, 9.17) is 9.15 Å². The van der Waals surface area contributed by atoms with Gasteiger partial charge in [0.05, 0.1) is 30.7 Å². The lowest BCUT2D eigenvalue weighted by Crippen LogP contribution is -2.24. The molecule has 8 nitrogen and oxygen atoms in total. The number of amides is 1. The quantitative estimate of drug-likeness (QED) is 0.320. The Labute approximate surface area is 182 Å². The lowest BCUT2D eigenvalue weighted by atomic mass is 10.3. The number of furan rings is 1. The van der Waals surface area contributed by atoms with Gasteiger partial charge < -0.3 is 19.5 Å². The first-order valence-electron chi connectivity index (χ1n) is 9.81. The molecule has 0 radical (unpaired) electrons. The Bertz CT molecular complexity index is 1240. The van der Waals surface area contributed by atoms with E-state index in [1.165, 1.54) is 16.3 Å². The Kier molecular flexibility index (Phi) is 6.13. The number of aromatic nitrogens is 3. The van der Waals surface area contributed by atoms with Gasteiger partial charge in [0.1, 0.15) is 17.0 Å². The van der Waals surface area contributed by atoms with Crippen LogP contribution in [0.4, 0.5) is 5.69 Å². The van der Waals surface area contributed by atoms with E-state index in [2.05, 4.69) is 15.3 Å². The van der Waals surface area contributed by atoms with Gasteiger partial charge in [-0.2, -0.15) is 0 Å². The number of fused-ring (bicyclic) bond motifs is 1. The molecule has 1 aromatic carbocycles. The fourth-order valence-electron chi connectivity index (χ4n) is 3.15. The molecule has 0 saturated carbocycles. The summed E-state index contributed by atoms with van der Waals surface area (Å²) in [5, 5.41) is 3.30. The van der Waals surface area contributed by atoms with E-state index < -0.39 is 0 Å². The number of rotatable bonds is 8. The highest BCUT2D eigenvalue weighted by molar-refractivity contribution is 7.99. The molecule has 0 aliphatic carbocycles. The minimum Gasteiger partial charge on any atom is -0.494 e. The van der Waals surface area contributed by atoms with Gasteiger partial charge in [0.2, 0.25) is 5.91 Å². The maximum absolute atomic E-state index is 13.0. The highest BCUT2D eigenvalue weighted by Crippen LogP contribution is 2.21. The van der Waals surface area contributed by atoms with Crippen LogP contribution >= 0.6 is 11.8 Å². The second kappa shape index (κ2) is 9.13. The van der Waals surface area contributed by atoms with Crippen LogP contribution in [0.15, 0.2) is 63.1 Å². The van der Waals surface area contributed by atoms with Crippen LogP contribution in [0.25, 0.3) is 11.0 Å². The zero-order chi connectivity index (χ0) is 21.8. The molecule has 3 heterocycles. The number of H-pyrrole nitrogens is 1. The summed E-state index contributed by atoms with van der Waals surface area (Å²) in [4.78, 5) is 33.2. The number of nitrogens with one attached hydrogen (secondary N) is 2. The van der Waals surface area contributed by atoms with Crippen LogP contribution in [0.3, 0.4) is 0 Å². The van der Waals surface area contributed by atoms with E-state index in [0.717, 1.165) is 11.4 Å². The molecule has 0 aliphatic heterocycles. The highest BCUT2D eigenvalue weighted by atomic mass is 32.2. The van der Waals surface area contributed by atoms with Crippen molar-refractivity contribution in [3.05, 3.63) is 70.5 Å².